The van der Waals surface area contributed by atoms with Crippen molar-refractivity contribution >= 4 is 6.08 Å². The molecule has 1 fully saturated rings. The SMILES string of the molecule is Cc1ccccc1-c1c2c(cc[n+]1C)C=CC1CC21. The Bertz CT molecular complexity index is 697. The van der Waals surface area contributed by atoms with Gasteiger partial charge in [-0.2, -0.15) is 0 Å². The Morgan fingerprint density at radius 3 is 2.84 bits per heavy atom. The van der Waals surface area contributed by atoms with Gasteiger partial charge in [0.15, 0.2) is 6.20 Å². The molecule has 0 spiro atoms. The number of pyridine rings is 1. The first-order valence-corrected chi connectivity index (χ1v) is 7.02. The fourth-order valence-corrected chi connectivity index (χ4v) is 3.38. The summed E-state index contributed by atoms with van der Waals surface area (Å²) < 4.78 is 2.29. The molecular formula is C18H18N+. The fourth-order valence-electron chi connectivity index (χ4n) is 3.38. The first kappa shape index (κ1) is 11.0. The number of benzene rings is 1. The van der Waals surface area contributed by atoms with Crippen LogP contribution in [0, 0.1) is 12.8 Å². The smallest absolute Gasteiger partial charge is 0.201 e. The lowest BCUT2D eigenvalue weighted by Gasteiger charge is -2.14. The van der Waals surface area contributed by atoms with Crippen LogP contribution in [0.1, 0.15) is 29.0 Å². The highest BCUT2D eigenvalue weighted by Gasteiger charge is 2.43. The number of rotatable bonds is 1. The molecule has 0 aliphatic heterocycles. The van der Waals surface area contributed by atoms with Crippen molar-refractivity contribution in [1.29, 1.82) is 0 Å². The van der Waals surface area contributed by atoms with Crippen LogP contribution in [0.2, 0.25) is 0 Å². The summed E-state index contributed by atoms with van der Waals surface area (Å²) in [5.74, 6) is 1.54. The Balaban J connectivity index is 2.03. The zero-order chi connectivity index (χ0) is 13.0. The summed E-state index contributed by atoms with van der Waals surface area (Å²) in [6.07, 6.45) is 8.21. The Morgan fingerprint density at radius 2 is 2.00 bits per heavy atom. The zero-order valence-electron chi connectivity index (χ0n) is 11.4. The van der Waals surface area contributed by atoms with Crippen LogP contribution in [0.3, 0.4) is 0 Å². The average Bonchev–Trinajstić information content (AvgIpc) is 3.19. The molecule has 2 aromatic rings. The van der Waals surface area contributed by atoms with E-state index in [1.807, 2.05) is 0 Å². The maximum absolute atomic E-state index is 2.38. The van der Waals surface area contributed by atoms with Crippen LogP contribution >= 0.6 is 0 Å². The van der Waals surface area contributed by atoms with Gasteiger partial charge in [-0.25, -0.2) is 4.57 Å². The second-order valence-corrected chi connectivity index (χ2v) is 5.82. The number of fused-ring (bicyclic) bond motifs is 3. The third kappa shape index (κ3) is 1.58. The number of nitrogens with zero attached hydrogens (tertiary/aromatic N) is 1. The first-order chi connectivity index (χ1) is 9.25. The fraction of sp³-hybridized carbons (Fsp3) is 0.278. The molecule has 2 aliphatic rings. The molecule has 0 N–H and O–H groups in total. The van der Waals surface area contributed by atoms with E-state index in [1.54, 1.807) is 5.56 Å². The predicted octanol–water partition coefficient (Wildman–Crippen LogP) is 3.62. The highest BCUT2D eigenvalue weighted by atomic mass is 14.9. The molecule has 1 nitrogen and oxygen atoms in total. The van der Waals surface area contributed by atoms with Crippen LogP contribution in [0.4, 0.5) is 0 Å². The maximum Gasteiger partial charge on any atom is 0.216 e. The number of allylic oxidation sites excluding steroid dienone is 1. The Morgan fingerprint density at radius 1 is 1.16 bits per heavy atom. The van der Waals surface area contributed by atoms with Crippen LogP contribution in [0.15, 0.2) is 42.6 Å². The largest absolute Gasteiger partial charge is 0.216 e. The molecule has 4 rings (SSSR count). The zero-order valence-corrected chi connectivity index (χ0v) is 11.4. The van der Waals surface area contributed by atoms with Gasteiger partial charge in [-0.1, -0.05) is 30.4 Å². The molecule has 1 aromatic heterocycles. The van der Waals surface area contributed by atoms with E-state index in [-0.39, 0.29) is 0 Å². The molecule has 2 aliphatic carbocycles. The van der Waals surface area contributed by atoms with Gasteiger partial charge in [0.25, 0.3) is 0 Å². The normalized spacial score (nSPS) is 22.8. The molecule has 1 heterocycles. The van der Waals surface area contributed by atoms with Crippen LogP contribution in [0.25, 0.3) is 17.3 Å². The van der Waals surface area contributed by atoms with Crippen molar-refractivity contribution in [2.75, 3.05) is 0 Å². The molecule has 1 aromatic carbocycles. The van der Waals surface area contributed by atoms with Gasteiger partial charge in [0, 0.05) is 17.2 Å². The van der Waals surface area contributed by atoms with Crippen LogP contribution in [-0.4, -0.2) is 0 Å². The summed E-state index contributed by atoms with van der Waals surface area (Å²) in [5, 5.41) is 0. The molecule has 1 heteroatoms. The van der Waals surface area contributed by atoms with E-state index in [2.05, 4.69) is 67.2 Å². The first-order valence-electron chi connectivity index (χ1n) is 7.02. The number of aromatic nitrogens is 1. The van der Waals surface area contributed by atoms with E-state index in [1.165, 1.54) is 28.8 Å². The molecule has 0 amide bonds. The molecule has 2 unspecified atom stereocenters. The van der Waals surface area contributed by atoms with E-state index in [0.717, 1.165) is 11.8 Å². The third-order valence-corrected chi connectivity index (χ3v) is 4.53. The van der Waals surface area contributed by atoms with Crippen molar-refractivity contribution in [3.8, 4) is 11.3 Å². The van der Waals surface area contributed by atoms with Gasteiger partial charge in [-0.3, -0.25) is 0 Å². The van der Waals surface area contributed by atoms with Crippen LogP contribution < -0.4 is 4.57 Å². The minimum Gasteiger partial charge on any atom is -0.201 e. The quantitative estimate of drug-likeness (QED) is 0.679. The van der Waals surface area contributed by atoms with E-state index in [9.17, 15) is 0 Å². The molecule has 2 atom stereocenters. The second kappa shape index (κ2) is 3.80. The van der Waals surface area contributed by atoms with Crippen LogP contribution in [0.5, 0.6) is 0 Å². The monoisotopic (exact) mass is 248 g/mol. The highest BCUT2D eigenvalue weighted by Crippen LogP contribution is 2.54. The van der Waals surface area contributed by atoms with Crippen molar-refractivity contribution in [2.24, 2.45) is 13.0 Å². The van der Waals surface area contributed by atoms with Crippen molar-refractivity contribution in [3.05, 3.63) is 59.3 Å². The van der Waals surface area contributed by atoms with Gasteiger partial charge in [0.05, 0.1) is 0 Å². The molecule has 0 bridgehead atoms. The molecule has 0 radical (unpaired) electrons. The highest BCUT2D eigenvalue weighted by molar-refractivity contribution is 5.73. The standard InChI is InChI=1S/C18H18N/c1-12-5-3-4-6-15(12)18-17-13(9-10-19(18)2)7-8-14-11-16(14)17/h3-10,14,16H,11H2,1-2H3/q+1. The average molecular weight is 248 g/mol. The summed E-state index contributed by atoms with van der Waals surface area (Å²) in [5.41, 5.74) is 7.12. The summed E-state index contributed by atoms with van der Waals surface area (Å²) in [7, 11) is 2.16. The van der Waals surface area contributed by atoms with Crippen molar-refractivity contribution in [1.82, 2.24) is 0 Å². The molecule has 94 valence electrons. The van der Waals surface area contributed by atoms with E-state index in [0.29, 0.717) is 0 Å². The lowest BCUT2D eigenvalue weighted by molar-refractivity contribution is -0.660. The summed E-state index contributed by atoms with van der Waals surface area (Å²) in [6.45, 7) is 2.21. The molecule has 0 saturated heterocycles. The van der Waals surface area contributed by atoms with Gasteiger partial charge in [-0.15, -0.1) is 0 Å². The van der Waals surface area contributed by atoms with Gasteiger partial charge >= 0.3 is 0 Å². The van der Waals surface area contributed by atoms with Gasteiger partial charge < -0.3 is 0 Å². The van der Waals surface area contributed by atoms with Crippen molar-refractivity contribution in [3.63, 3.8) is 0 Å². The van der Waals surface area contributed by atoms with Crippen LogP contribution in [-0.2, 0) is 7.05 Å². The Hall–Kier alpha value is -1.89. The third-order valence-electron chi connectivity index (χ3n) is 4.53. The summed E-state index contributed by atoms with van der Waals surface area (Å²) in [6, 6.07) is 11.0. The van der Waals surface area contributed by atoms with E-state index in [4.69, 9.17) is 0 Å². The number of hydrogen-bond donors (Lipinski definition) is 0. The number of aryl methyl sites for hydroxylation is 2. The maximum atomic E-state index is 2.38. The second-order valence-electron chi connectivity index (χ2n) is 5.82. The van der Waals surface area contributed by atoms with Crippen molar-refractivity contribution in [2.45, 2.75) is 19.3 Å². The summed E-state index contributed by atoms with van der Waals surface area (Å²) in [4.78, 5) is 0. The van der Waals surface area contributed by atoms with Gasteiger partial charge in [0.1, 0.15) is 7.05 Å². The molecular weight excluding hydrogens is 230 g/mol. The lowest BCUT2D eigenvalue weighted by Crippen LogP contribution is -2.32. The Kier molecular flexibility index (Phi) is 2.20. The number of hydrogen-bond acceptors (Lipinski definition) is 0. The summed E-state index contributed by atoms with van der Waals surface area (Å²) >= 11 is 0. The van der Waals surface area contributed by atoms with E-state index < -0.39 is 0 Å². The minimum atomic E-state index is 0.752. The predicted molar refractivity (Wildman–Crippen MR) is 77.7 cm³/mol. The van der Waals surface area contributed by atoms with Gasteiger partial charge in [0.2, 0.25) is 5.69 Å². The molecule has 1 saturated carbocycles. The minimum absolute atomic E-state index is 0.752. The topological polar surface area (TPSA) is 3.88 Å². The van der Waals surface area contributed by atoms with Crippen molar-refractivity contribution < 1.29 is 4.57 Å². The van der Waals surface area contributed by atoms with E-state index >= 15 is 0 Å². The Labute approximate surface area is 114 Å². The lowest BCUT2D eigenvalue weighted by atomic mass is 9.91. The molecule has 19 heavy (non-hydrogen) atoms. The van der Waals surface area contributed by atoms with Gasteiger partial charge in [-0.05, 0) is 42.4 Å².